The van der Waals surface area contributed by atoms with E-state index in [4.69, 9.17) is 10.2 Å². The van der Waals surface area contributed by atoms with Crippen LogP contribution in [0.1, 0.15) is 9.67 Å². The maximum Gasteiger partial charge on any atom is 0.328 e. The lowest BCUT2D eigenvalue weighted by atomic mass is 10.3. The zero-order valence-electron chi connectivity index (χ0n) is 7.01. The SMILES string of the molecule is O=C(N[C@@H](CO)C(=O)O)c1cncs1. The minimum Gasteiger partial charge on any atom is -0.480 e. The smallest absolute Gasteiger partial charge is 0.328 e. The van der Waals surface area contributed by atoms with E-state index in [0.717, 1.165) is 11.3 Å². The van der Waals surface area contributed by atoms with Gasteiger partial charge in [-0.05, 0) is 0 Å². The number of carbonyl (C=O) groups excluding carboxylic acids is 1. The second-order valence-corrected chi connectivity index (χ2v) is 3.30. The van der Waals surface area contributed by atoms with Crippen molar-refractivity contribution in [3.8, 4) is 0 Å². The molecule has 0 spiro atoms. The Bertz CT molecular complexity index is 324. The fourth-order valence-corrected chi connectivity index (χ4v) is 1.27. The first-order valence-electron chi connectivity index (χ1n) is 3.68. The van der Waals surface area contributed by atoms with Crippen LogP contribution < -0.4 is 5.32 Å². The van der Waals surface area contributed by atoms with Crippen LogP contribution in [0.15, 0.2) is 11.7 Å². The van der Waals surface area contributed by atoms with Gasteiger partial charge < -0.3 is 15.5 Å². The number of aliphatic carboxylic acids is 1. The molecule has 1 aromatic heterocycles. The number of carboxylic acids is 1. The van der Waals surface area contributed by atoms with Gasteiger partial charge in [-0.2, -0.15) is 0 Å². The predicted molar refractivity (Wildman–Crippen MR) is 48.1 cm³/mol. The lowest BCUT2D eigenvalue weighted by molar-refractivity contribution is -0.140. The highest BCUT2D eigenvalue weighted by atomic mass is 32.1. The van der Waals surface area contributed by atoms with Crippen molar-refractivity contribution in [2.45, 2.75) is 6.04 Å². The number of carbonyl (C=O) groups is 2. The van der Waals surface area contributed by atoms with Gasteiger partial charge in [-0.1, -0.05) is 0 Å². The van der Waals surface area contributed by atoms with E-state index in [9.17, 15) is 9.59 Å². The van der Waals surface area contributed by atoms with Crippen LogP contribution in [-0.4, -0.2) is 39.7 Å². The number of hydrogen-bond donors (Lipinski definition) is 3. The topological polar surface area (TPSA) is 99.5 Å². The summed E-state index contributed by atoms with van der Waals surface area (Å²) in [6.07, 6.45) is 1.33. The molecule has 0 radical (unpaired) electrons. The first kappa shape index (κ1) is 10.6. The van der Waals surface area contributed by atoms with E-state index in [1.54, 1.807) is 0 Å². The summed E-state index contributed by atoms with van der Waals surface area (Å²) < 4.78 is 0. The normalized spacial score (nSPS) is 12.1. The van der Waals surface area contributed by atoms with Crippen LogP contribution in [-0.2, 0) is 4.79 Å². The summed E-state index contributed by atoms with van der Waals surface area (Å²) in [4.78, 5) is 25.7. The highest BCUT2D eigenvalue weighted by Gasteiger charge is 2.19. The van der Waals surface area contributed by atoms with E-state index >= 15 is 0 Å². The maximum absolute atomic E-state index is 11.3. The number of aromatic nitrogens is 1. The summed E-state index contributed by atoms with van der Waals surface area (Å²) in [5.74, 6) is -1.82. The number of aliphatic hydroxyl groups is 1. The van der Waals surface area contributed by atoms with Crippen LogP contribution in [0.2, 0.25) is 0 Å². The Balaban J connectivity index is 2.60. The largest absolute Gasteiger partial charge is 0.480 e. The third-order valence-corrected chi connectivity index (χ3v) is 2.21. The van der Waals surface area contributed by atoms with E-state index in [1.807, 2.05) is 0 Å². The van der Waals surface area contributed by atoms with Gasteiger partial charge in [-0.15, -0.1) is 11.3 Å². The number of nitrogens with zero attached hydrogens (tertiary/aromatic N) is 1. The van der Waals surface area contributed by atoms with Gasteiger partial charge in [0.15, 0.2) is 6.04 Å². The summed E-state index contributed by atoms with van der Waals surface area (Å²) in [7, 11) is 0. The molecule has 0 aliphatic rings. The molecule has 7 heteroatoms. The number of hydrogen-bond acceptors (Lipinski definition) is 5. The molecule has 6 nitrogen and oxygen atoms in total. The van der Waals surface area contributed by atoms with Crippen molar-refractivity contribution < 1.29 is 19.8 Å². The summed E-state index contributed by atoms with van der Waals surface area (Å²) in [6.45, 7) is -0.639. The van der Waals surface area contributed by atoms with Crippen LogP contribution >= 0.6 is 11.3 Å². The van der Waals surface area contributed by atoms with Gasteiger partial charge in [0.25, 0.3) is 5.91 Å². The summed E-state index contributed by atoms with van der Waals surface area (Å²) in [5.41, 5.74) is 1.46. The van der Waals surface area contributed by atoms with E-state index in [2.05, 4.69) is 10.3 Å². The number of thiazole rings is 1. The molecule has 1 atom stereocenters. The molecule has 0 aliphatic carbocycles. The zero-order valence-corrected chi connectivity index (χ0v) is 7.82. The molecular formula is C7H8N2O4S. The molecule has 1 aromatic rings. The van der Waals surface area contributed by atoms with E-state index < -0.39 is 24.5 Å². The van der Waals surface area contributed by atoms with E-state index in [0.29, 0.717) is 4.88 Å². The first-order chi connectivity index (χ1) is 6.65. The highest BCUT2D eigenvalue weighted by molar-refractivity contribution is 7.11. The third-order valence-electron chi connectivity index (χ3n) is 1.44. The molecule has 0 fully saturated rings. The molecule has 76 valence electrons. The lowest BCUT2D eigenvalue weighted by Crippen LogP contribution is -2.43. The number of amides is 1. The number of aliphatic hydroxyl groups excluding tert-OH is 1. The second kappa shape index (κ2) is 4.68. The number of rotatable bonds is 4. The molecule has 1 rings (SSSR count). The average Bonchev–Trinajstić information content (AvgIpc) is 2.65. The van der Waals surface area contributed by atoms with Crippen molar-refractivity contribution in [1.29, 1.82) is 0 Å². The van der Waals surface area contributed by atoms with Crippen LogP contribution in [0, 0.1) is 0 Å². The third kappa shape index (κ3) is 2.51. The molecule has 0 saturated carbocycles. The standard InChI is InChI=1S/C7H8N2O4S/c10-2-4(7(12)13)9-6(11)5-1-8-3-14-5/h1,3-4,10H,2H2,(H,9,11)(H,12,13)/t4-/m0/s1. The van der Waals surface area contributed by atoms with Crippen LogP contribution in [0.25, 0.3) is 0 Å². The Labute approximate surface area is 83.2 Å². The Kier molecular flexibility index (Phi) is 3.55. The summed E-state index contributed by atoms with van der Waals surface area (Å²) in [5, 5.41) is 19.3. The minimum atomic E-state index is -1.27. The van der Waals surface area contributed by atoms with Gasteiger partial charge in [0, 0.05) is 0 Å². The van der Waals surface area contributed by atoms with Gasteiger partial charge in [-0.3, -0.25) is 9.78 Å². The van der Waals surface area contributed by atoms with Crippen molar-refractivity contribution in [3.63, 3.8) is 0 Å². The first-order valence-corrected chi connectivity index (χ1v) is 4.56. The predicted octanol–water partition coefficient (Wildman–Crippen LogP) is -0.682. The second-order valence-electron chi connectivity index (χ2n) is 2.41. The van der Waals surface area contributed by atoms with E-state index in [1.165, 1.54) is 11.7 Å². The molecular weight excluding hydrogens is 208 g/mol. The van der Waals surface area contributed by atoms with E-state index in [-0.39, 0.29) is 0 Å². The Morgan fingerprint density at radius 1 is 1.64 bits per heavy atom. The summed E-state index contributed by atoms with van der Waals surface area (Å²) >= 11 is 1.10. The average molecular weight is 216 g/mol. The fourth-order valence-electron chi connectivity index (χ4n) is 0.743. The van der Waals surface area contributed by atoms with Gasteiger partial charge in [0.05, 0.1) is 18.3 Å². The van der Waals surface area contributed by atoms with Crippen LogP contribution in [0.5, 0.6) is 0 Å². The molecule has 14 heavy (non-hydrogen) atoms. The Morgan fingerprint density at radius 3 is 2.79 bits per heavy atom. The van der Waals surface area contributed by atoms with Crippen molar-refractivity contribution in [3.05, 3.63) is 16.6 Å². The molecule has 3 N–H and O–H groups in total. The molecule has 0 bridgehead atoms. The number of carboxylic acid groups (broad SMARTS) is 1. The van der Waals surface area contributed by atoms with Crippen molar-refractivity contribution in [2.24, 2.45) is 0 Å². The number of nitrogens with one attached hydrogen (secondary N) is 1. The van der Waals surface area contributed by atoms with Crippen molar-refractivity contribution in [1.82, 2.24) is 10.3 Å². The monoisotopic (exact) mass is 216 g/mol. The molecule has 0 aromatic carbocycles. The van der Waals surface area contributed by atoms with Crippen LogP contribution in [0.4, 0.5) is 0 Å². The molecule has 0 unspecified atom stereocenters. The maximum atomic E-state index is 11.3. The Morgan fingerprint density at radius 2 is 2.36 bits per heavy atom. The van der Waals surface area contributed by atoms with Gasteiger partial charge in [0.2, 0.25) is 0 Å². The molecule has 1 amide bonds. The summed E-state index contributed by atoms with van der Waals surface area (Å²) in [6, 6.07) is -1.27. The quantitative estimate of drug-likeness (QED) is 0.619. The van der Waals surface area contributed by atoms with Gasteiger partial charge in [-0.25, -0.2) is 4.79 Å². The Hall–Kier alpha value is -1.47. The molecule has 1 heterocycles. The zero-order chi connectivity index (χ0) is 10.6. The molecule has 0 aliphatic heterocycles. The van der Waals surface area contributed by atoms with Crippen molar-refractivity contribution in [2.75, 3.05) is 6.61 Å². The highest BCUT2D eigenvalue weighted by Crippen LogP contribution is 2.04. The van der Waals surface area contributed by atoms with Crippen LogP contribution in [0.3, 0.4) is 0 Å². The van der Waals surface area contributed by atoms with Crippen molar-refractivity contribution >= 4 is 23.2 Å². The van der Waals surface area contributed by atoms with Gasteiger partial charge >= 0.3 is 5.97 Å². The lowest BCUT2D eigenvalue weighted by Gasteiger charge is -2.09. The molecule has 0 saturated heterocycles. The minimum absolute atomic E-state index is 0.310. The fraction of sp³-hybridized carbons (Fsp3) is 0.286. The van der Waals surface area contributed by atoms with Gasteiger partial charge in [0.1, 0.15) is 4.88 Å².